The summed E-state index contributed by atoms with van der Waals surface area (Å²) in [5.41, 5.74) is 4.65. The number of nitrogens with zero attached hydrogens (tertiary/aromatic N) is 1. The van der Waals surface area contributed by atoms with Gasteiger partial charge in [0.25, 0.3) is 0 Å². The van der Waals surface area contributed by atoms with Gasteiger partial charge in [0.15, 0.2) is 6.54 Å². The van der Waals surface area contributed by atoms with Crippen molar-refractivity contribution in [3.8, 4) is 0 Å². The van der Waals surface area contributed by atoms with Crippen LogP contribution in [-0.4, -0.2) is 0 Å². The number of hydrogen-bond donors (Lipinski definition) is 0. The molecular formula is C14H10Br2ClNS. The quantitative estimate of drug-likeness (QED) is 0.557. The first kappa shape index (κ1) is 15.0. The normalized spacial score (nSPS) is 10.4. The van der Waals surface area contributed by atoms with E-state index in [9.17, 15) is 0 Å². The number of benzene rings is 2. The maximum Gasteiger partial charge on any atom is 0.226 e. The molecule has 1 nitrogen and oxygen atoms in total. The molecule has 0 atom stereocenters. The number of thiazole rings is 1. The van der Waals surface area contributed by atoms with Gasteiger partial charge in [-0.1, -0.05) is 51.0 Å². The van der Waals surface area contributed by atoms with Gasteiger partial charge >= 0.3 is 0 Å². The second-order valence-electron chi connectivity index (χ2n) is 4.09. The Morgan fingerprint density at radius 2 is 2.00 bits per heavy atom. The number of hydrogen-bond acceptors (Lipinski definition) is 1. The fraction of sp³-hybridized carbons (Fsp3) is 0.0714. The molecule has 0 aliphatic rings. The van der Waals surface area contributed by atoms with Crippen LogP contribution in [0.4, 0.5) is 0 Å². The average Bonchev–Trinajstić information content (AvgIpc) is 2.72. The van der Waals surface area contributed by atoms with Crippen LogP contribution in [-0.2, 0) is 6.54 Å². The molecule has 98 valence electrons. The van der Waals surface area contributed by atoms with E-state index in [1.807, 2.05) is 18.2 Å². The standard InChI is InChI=1S/C14H10BrClNS.BrH/c15-11-3-1-2-10(6-11)8-17-9-18-14-7-12(16)4-5-13(14)17;/h1-7,9H,8H2;1H/q+1;/p-1. The molecule has 1 aromatic heterocycles. The SMILES string of the molecule is Clc1ccc2c(c1)sc[n+]2Cc1cccc(Br)c1.[Br-]. The van der Waals surface area contributed by atoms with Crippen LogP contribution in [0, 0.1) is 0 Å². The number of fused-ring (bicyclic) bond motifs is 1. The highest BCUT2D eigenvalue weighted by molar-refractivity contribution is 9.10. The van der Waals surface area contributed by atoms with E-state index in [1.165, 1.54) is 15.8 Å². The fourth-order valence-electron chi connectivity index (χ4n) is 1.95. The Balaban J connectivity index is 0.00000133. The predicted octanol–water partition coefficient (Wildman–Crippen LogP) is 1.66. The first-order valence-corrected chi connectivity index (χ1v) is 7.58. The lowest BCUT2D eigenvalue weighted by Gasteiger charge is -1.97. The predicted molar refractivity (Wildman–Crippen MR) is 80.3 cm³/mol. The molecule has 0 unspecified atom stereocenters. The van der Waals surface area contributed by atoms with Crippen molar-refractivity contribution >= 4 is 49.1 Å². The van der Waals surface area contributed by atoms with Crippen molar-refractivity contribution in [2.24, 2.45) is 0 Å². The van der Waals surface area contributed by atoms with Crippen LogP contribution in [0.5, 0.6) is 0 Å². The van der Waals surface area contributed by atoms with E-state index in [2.05, 4.69) is 50.3 Å². The fourth-order valence-corrected chi connectivity index (χ4v) is 3.56. The molecule has 0 amide bonds. The third-order valence-corrected chi connectivity index (χ3v) is 4.45. The summed E-state index contributed by atoms with van der Waals surface area (Å²) >= 11 is 11.2. The Bertz CT molecular complexity index is 711. The van der Waals surface area contributed by atoms with Crippen molar-refractivity contribution < 1.29 is 21.5 Å². The van der Waals surface area contributed by atoms with Gasteiger partial charge in [-0.05, 0) is 24.3 Å². The van der Waals surface area contributed by atoms with Gasteiger partial charge in [-0.25, -0.2) is 0 Å². The van der Waals surface area contributed by atoms with Crippen molar-refractivity contribution in [2.45, 2.75) is 6.54 Å². The summed E-state index contributed by atoms with van der Waals surface area (Å²) in [5, 5.41) is 0.791. The molecule has 5 heteroatoms. The molecule has 0 aliphatic carbocycles. The van der Waals surface area contributed by atoms with Crippen LogP contribution in [0.15, 0.2) is 52.4 Å². The molecule has 19 heavy (non-hydrogen) atoms. The van der Waals surface area contributed by atoms with E-state index in [0.29, 0.717) is 0 Å². The van der Waals surface area contributed by atoms with Crippen LogP contribution in [0.1, 0.15) is 5.56 Å². The Morgan fingerprint density at radius 3 is 2.79 bits per heavy atom. The van der Waals surface area contributed by atoms with Gasteiger partial charge in [0.1, 0.15) is 4.70 Å². The summed E-state index contributed by atoms with van der Waals surface area (Å²) in [6.07, 6.45) is 0. The second-order valence-corrected chi connectivity index (χ2v) is 6.33. The second kappa shape index (κ2) is 6.35. The Hall–Kier alpha value is -0.420. The number of rotatable bonds is 2. The summed E-state index contributed by atoms with van der Waals surface area (Å²) < 4.78 is 4.58. The average molecular weight is 420 g/mol. The molecule has 0 bridgehead atoms. The Kier molecular flexibility index (Phi) is 5.01. The minimum absolute atomic E-state index is 0. The third kappa shape index (κ3) is 3.37. The van der Waals surface area contributed by atoms with Crippen LogP contribution >= 0.6 is 38.9 Å². The highest BCUT2D eigenvalue weighted by Crippen LogP contribution is 2.21. The molecule has 0 aliphatic heterocycles. The van der Waals surface area contributed by atoms with Gasteiger partial charge in [0.05, 0.1) is 0 Å². The summed E-state index contributed by atoms with van der Waals surface area (Å²) in [5.74, 6) is 0. The van der Waals surface area contributed by atoms with E-state index in [4.69, 9.17) is 11.6 Å². The summed E-state index contributed by atoms with van der Waals surface area (Å²) in [7, 11) is 0. The van der Waals surface area contributed by atoms with Crippen molar-refractivity contribution in [1.82, 2.24) is 0 Å². The highest BCUT2D eigenvalue weighted by Gasteiger charge is 2.12. The summed E-state index contributed by atoms with van der Waals surface area (Å²) in [6, 6.07) is 14.4. The zero-order valence-corrected chi connectivity index (χ0v) is 14.6. The van der Waals surface area contributed by atoms with Crippen molar-refractivity contribution in [3.05, 3.63) is 63.0 Å². The molecule has 1 heterocycles. The first-order valence-electron chi connectivity index (χ1n) is 5.53. The molecule has 3 rings (SSSR count). The molecule has 0 fully saturated rings. The molecule has 0 N–H and O–H groups in total. The van der Waals surface area contributed by atoms with Crippen molar-refractivity contribution in [3.63, 3.8) is 0 Å². The largest absolute Gasteiger partial charge is 1.00 e. The molecular weight excluding hydrogens is 409 g/mol. The maximum atomic E-state index is 6.00. The lowest BCUT2D eigenvalue weighted by atomic mass is 10.2. The maximum absolute atomic E-state index is 6.00. The summed E-state index contributed by atoms with van der Waals surface area (Å²) in [4.78, 5) is 0. The molecule has 0 spiro atoms. The monoisotopic (exact) mass is 417 g/mol. The van der Waals surface area contributed by atoms with Gasteiger partial charge < -0.3 is 17.0 Å². The number of aromatic nitrogens is 1. The lowest BCUT2D eigenvalue weighted by Crippen LogP contribution is -3.00. The Labute approximate surface area is 139 Å². The van der Waals surface area contributed by atoms with E-state index in [0.717, 1.165) is 16.0 Å². The van der Waals surface area contributed by atoms with Crippen molar-refractivity contribution in [2.75, 3.05) is 0 Å². The minimum atomic E-state index is 0. The van der Waals surface area contributed by atoms with Gasteiger partial charge in [-0.3, -0.25) is 0 Å². The lowest BCUT2D eigenvalue weighted by molar-refractivity contribution is -0.658. The third-order valence-electron chi connectivity index (χ3n) is 2.78. The molecule has 0 saturated heterocycles. The van der Waals surface area contributed by atoms with Crippen LogP contribution < -0.4 is 21.5 Å². The van der Waals surface area contributed by atoms with E-state index < -0.39 is 0 Å². The van der Waals surface area contributed by atoms with Gasteiger partial charge in [-0.15, -0.1) is 0 Å². The van der Waals surface area contributed by atoms with Gasteiger partial charge in [-0.2, -0.15) is 4.57 Å². The smallest absolute Gasteiger partial charge is 0.226 e. The highest BCUT2D eigenvalue weighted by atomic mass is 79.9. The Morgan fingerprint density at radius 1 is 1.16 bits per heavy atom. The van der Waals surface area contributed by atoms with Gasteiger partial charge in [0, 0.05) is 21.1 Å². The van der Waals surface area contributed by atoms with Crippen LogP contribution in [0.3, 0.4) is 0 Å². The molecule has 0 radical (unpaired) electrons. The first-order chi connectivity index (χ1) is 8.72. The minimum Gasteiger partial charge on any atom is -1.00 e. The van der Waals surface area contributed by atoms with E-state index in [-0.39, 0.29) is 17.0 Å². The van der Waals surface area contributed by atoms with Gasteiger partial charge in [0.2, 0.25) is 11.0 Å². The van der Waals surface area contributed by atoms with Crippen LogP contribution in [0.2, 0.25) is 5.02 Å². The number of halogens is 3. The molecule has 3 aromatic rings. The zero-order chi connectivity index (χ0) is 12.5. The topological polar surface area (TPSA) is 3.88 Å². The van der Waals surface area contributed by atoms with E-state index in [1.54, 1.807) is 11.3 Å². The summed E-state index contributed by atoms with van der Waals surface area (Å²) in [6.45, 7) is 0.876. The van der Waals surface area contributed by atoms with Crippen LogP contribution in [0.25, 0.3) is 10.2 Å². The van der Waals surface area contributed by atoms with E-state index >= 15 is 0 Å². The molecule has 2 aromatic carbocycles. The zero-order valence-electron chi connectivity index (χ0n) is 9.82. The molecule has 0 saturated carbocycles. The van der Waals surface area contributed by atoms with Crippen molar-refractivity contribution in [1.29, 1.82) is 0 Å².